The number of nitrogens with one attached hydrogen (secondary N) is 1. The number of rotatable bonds is 6. The van der Waals surface area contributed by atoms with Gasteiger partial charge in [0.15, 0.2) is 0 Å². The van der Waals surface area contributed by atoms with Crippen LogP contribution < -0.4 is 10.1 Å². The molecule has 8 nitrogen and oxygen atoms in total. The van der Waals surface area contributed by atoms with Gasteiger partial charge in [0.2, 0.25) is 11.8 Å². The first kappa shape index (κ1) is 23.4. The molecule has 0 saturated carbocycles. The van der Waals surface area contributed by atoms with E-state index in [4.69, 9.17) is 4.74 Å². The van der Waals surface area contributed by atoms with Crippen molar-refractivity contribution in [1.82, 2.24) is 20.1 Å². The lowest BCUT2D eigenvalue weighted by Gasteiger charge is -2.29. The van der Waals surface area contributed by atoms with E-state index in [0.29, 0.717) is 18.5 Å². The van der Waals surface area contributed by atoms with Gasteiger partial charge in [0.1, 0.15) is 17.9 Å². The number of carbonyl (C=O) groups is 3. The van der Waals surface area contributed by atoms with E-state index in [-0.39, 0.29) is 24.3 Å². The Morgan fingerprint density at radius 3 is 2.70 bits per heavy atom. The molecular weight excluding hydrogens is 468 g/mol. The van der Waals surface area contributed by atoms with Gasteiger partial charge in [0, 0.05) is 49.9 Å². The van der Waals surface area contributed by atoms with Gasteiger partial charge in [0.25, 0.3) is 5.91 Å². The van der Waals surface area contributed by atoms with Crippen LogP contribution in [0.5, 0.6) is 5.75 Å². The standard InChI is InChI=1S/C29H28N4O4/c34-27-9-8-26(28(35)31-27)33-17-21-15-22(6-7-24(21)29(33)36)37-23-11-13-32(18-23)16-19-10-12-30-25(14-19)20-4-2-1-3-5-20/h1-7,10,12,14-15,23,26H,8-9,11,13,16-18H2,(H,31,34,35)/t23-,26?/m0/s1. The Labute approximate surface area is 215 Å². The summed E-state index contributed by atoms with van der Waals surface area (Å²) in [6, 6.07) is 19.3. The van der Waals surface area contributed by atoms with Gasteiger partial charge in [0.05, 0.1) is 5.69 Å². The van der Waals surface area contributed by atoms with Crippen LogP contribution in [0.1, 0.15) is 40.7 Å². The highest BCUT2D eigenvalue weighted by Gasteiger charge is 2.39. The highest BCUT2D eigenvalue weighted by atomic mass is 16.5. The van der Waals surface area contributed by atoms with Gasteiger partial charge in [-0.15, -0.1) is 0 Å². The Balaban J connectivity index is 1.07. The molecule has 2 saturated heterocycles. The van der Waals surface area contributed by atoms with Gasteiger partial charge in [-0.3, -0.25) is 29.6 Å². The summed E-state index contributed by atoms with van der Waals surface area (Å²) in [6.45, 7) is 2.95. The van der Waals surface area contributed by atoms with Gasteiger partial charge in [-0.1, -0.05) is 30.3 Å². The lowest BCUT2D eigenvalue weighted by Crippen LogP contribution is -2.52. The molecule has 3 aromatic rings. The summed E-state index contributed by atoms with van der Waals surface area (Å²) in [4.78, 5) is 45.2. The maximum absolute atomic E-state index is 12.9. The van der Waals surface area contributed by atoms with Gasteiger partial charge in [-0.25, -0.2) is 0 Å². The number of fused-ring (bicyclic) bond motifs is 1. The van der Waals surface area contributed by atoms with Gasteiger partial charge in [-0.2, -0.15) is 0 Å². The number of benzene rings is 2. The molecule has 3 aliphatic rings. The molecule has 4 heterocycles. The summed E-state index contributed by atoms with van der Waals surface area (Å²) in [5, 5.41) is 2.34. The molecule has 188 valence electrons. The smallest absolute Gasteiger partial charge is 0.255 e. The monoisotopic (exact) mass is 496 g/mol. The van der Waals surface area contributed by atoms with Crippen LogP contribution in [-0.2, 0) is 22.7 Å². The number of amides is 3. The van der Waals surface area contributed by atoms with Crippen molar-refractivity contribution in [3.05, 3.63) is 83.6 Å². The van der Waals surface area contributed by atoms with Crippen LogP contribution in [0.25, 0.3) is 11.3 Å². The minimum Gasteiger partial charge on any atom is -0.489 e. The van der Waals surface area contributed by atoms with E-state index in [1.165, 1.54) is 5.56 Å². The van der Waals surface area contributed by atoms with E-state index in [2.05, 4.69) is 39.5 Å². The number of hydrogen-bond acceptors (Lipinski definition) is 6. The molecule has 3 aliphatic heterocycles. The van der Waals surface area contributed by atoms with Crippen LogP contribution in [0.4, 0.5) is 0 Å². The SMILES string of the molecule is O=C1CCC(N2Cc3cc(O[C@H]4CCN(Cc5ccnc(-c6ccccc6)c5)C4)ccc3C2=O)C(=O)N1. The van der Waals surface area contributed by atoms with Crippen molar-refractivity contribution in [2.75, 3.05) is 13.1 Å². The predicted molar refractivity (Wildman–Crippen MR) is 136 cm³/mol. The Hall–Kier alpha value is -4.04. The van der Waals surface area contributed by atoms with Crippen LogP contribution in [0, 0.1) is 0 Å². The van der Waals surface area contributed by atoms with Crippen molar-refractivity contribution >= 4 is 17.7 Å². The van der Waals surface area contributed by atoms with Gasteiger partial charge < -0.3 is 9.64 Å². The van der Waals surface area contributed by atoms with E-state index in [1.807, 2.05) is 36.5 Å². The molecule has 2 atom stereocenters. The number of nitrogens with zero attached hydrogens (tertiary/aromatic N) is 3. The Bertz CT molecular complexity index is 1360. The topological polar surface area (TPSA) is 91.8 Å². The molecule has 1 unspecified atom stereocenters. The molecule has 0 radical (unpaired) electrons. The average molecular weight is 497 g/mol. The van der Waals surface area contributed by atoms with Crippen LogP contribution in [0.3, 0.4) is 0 Å². The zero-order chi connectivity index (χ0) is 25.4. The van der Waals surface area contributed by atoms with Crippen molar-refractivity contribution in [3.63, 3.8) is 0 Å². The van der Waals surface area contributed by atoms with Crippen molar-refractivity contribution < 1.29 is 19.1 Å². The van der Waals surface area contributed by atoms with Gasteiger partial charge >= 0.3 is 0 Å². The second-order valence-corrected chi connectivity index (χ2v) is 9.90. The van der Waals surface area contributed by atoms with Gasteiger partial charge in [-0.05, 0) is 54.3 Å². The van der Waals surface area contributed by atoms with E-state index >= 15 is 0 Å². The largest absolute Gasteiger partial charge is 0.489 e. The number of likely N-dealkylation sites (tertiary alicyclic amines) is 1. The third-order valence-electron chi connectivity index (χ3n) is 7.33. The lowest BCUT2D eigenvalue weighted by molar-refractivity contribution is -0.136. The molecule has 3 amide bonds. The average Bonchev–Trinajstić information content (AvgIpc) is 3.48. The number of pyridine rings is 1. The summed E-state index contributed by atoms with van der Waals surface area (Å²) in [6.07, 6.45) is 3.46. The number of carbonyl (C=O) groups excluding carboxylic acids is 3. The molecule has 8 heteroatoms. The highest BCUT2D eigenvalue weighted by Crippen LogP contribution is 2.31. The molecule has 0 spiro atoms. The molecule has 37 heavy (non-hydrogen) atoms. The number of piperidine rings is 1. The molecule has 6 rings (SSSR count). The van der Waals surface area contributed by atoms with E-state index in [1.54, 1.807) is 11.0 Å². The van der Waals surface area contributed by atoms with Crippen molar-refractivity contribution in [3.8, 4) is 17.0 Å². The zero-order valence-corrected chi connectivity index (χ0v) is 20.4. The molecule has 1 aromatic heterocycles. The maximum Gasteiger partial charge on any atom is 0.255 e. The molecule has 0 aliphatic carbocycles. The first-order valence-electron chi connectivity index (χ1n) is 12.7. The second-order valence-electron chi connectivity index (χ2n) is 9.90. The predicted octanol–water partition coefficient (Wildman–Crippen LogP) is 3.16. The quantitative estimate of drug-likeness (QED) is 0.527. The molecular formula is C29H28N4O4. The number of imide groups is 1. The molecule has 2 fully saturated rings. The van der Waals surface area contributed by atoms with Crippen LogP contribution in [0.15, 0.2) is 66.9 Å². The fourth-order valence-electron chi connectivity index (χ4n) is 5.45. The Morgan fingerprint density at radius 1 is 1.00 bits per heavy atom. The first-order valence-corrected chi connectivity index (χ1v) is 12.7. The van der Waals surface area contributed by atoms with Crippen molar-refractivity contribution in [2.45, 2.75) is 44.5 Å². The van der Waals surface area contributed by atoms with Crippen molar-refractivity contribution in [2.24, 2.45) is 0 Å². The zero-order valence-electron chi connectivity index (χ0n) is 20.4. The van der Waals surface area contributed by atoms with Crippen LogP contribution >= 0.6 is 0 Å². The third-order valence-corrected chi connectivity index (χ3v) is 7.33. The van der Waals surface area contributed by atoms with E-state index in [9.17, 15) is 14.4 Å². The Kier molecular flexibility index (Phi) is 6.18. The van der Waals surface area contributed by atoms with Crippen LogP contribution in [-0.4, -0.2) is 57.7 Å². The fraction of sp³-hybridized carbons (Fsp3) is 0.310. The minimum atomic E-state index is -0.610. The normalized spacial score (nSPS) is 21.7. The van der Waals surface area contributed by atoms with E-state index in [0.717, 1.165) is 48.6 Å². The molecule has 1 N–H and O–H groups in total. The third kappa shape index (κ3) is 4.84. The summed E-state index contributed by atoms with van der Waals surface area (Å²) in [5.74, 6) is -0.119. The fourth-order valence-corrected chi connectivity index (χ4v) is 5.45. The van der Waals surface area contributed by atoms with E-state index < -0.39 is 11.9 Å². The Morgan fingerprint density at radius 2 is 1.86 bits per heavy atom. The number of ether oxygens (including phenoxy) is 1. The lowest BCUT2D eigenvalue weighted by atomic mass is 10.0. The van der Waals surface area contributed by atoms with Crippen molar-refractivity contribution in [1.29, 1.82) is 0 Å². The minimum absolute atomic E-state index is 0.0665. The van der Waals surface area contributed by atoms with Crippen LogP contribution in [0.2, 0.25) is 0 Å². The summed E-state index contributed by atoms with van der Waals surface area (Å²) in [5.41, 5.74) is 4.76. The molecule has 0 bridgehead atoms. The second kappa shape index (κ2) is 9.78. The number of hydrogen-bond donors (Lipinski definition) is 1. The summed E-state index contributed by atoms with van der Waals surface area (Å²) in [7, 11) is 0. The number of aromatic nitrogens is 1. The first-order chi connectivity index (χ1) is 18.0. The summed E-state index contributed by atoms with van der Waals surface area (Å²) < 4.78 is 6.30. The summed E-state index contributed by atoms with van der Waals surface area (Å²) >= 11 is 0. The maximum atomic E-state index is 12.9. The molecule has 2 aromatic carbocycles. The highest BCUT2D eigenvalue weighted by molar-refractivity contribution is 6.05.